The number of nitrogens with one attached hydrogen (secondary N) is 1. The molecule has 1 N–H and O–H groups in total. The van der Waals surface area contributed by atoms with Gasteiger partial charge in [-0.2, -0.15) is 0 Å². The van der Waals surface area contributed by atoms with Crippen LogP contribution in [0.15, 0.2) is 23.9 Å². The van der Waals surface area contributed by atoms with E-state index < -0.39 is 0 Å². The van der Waals surface area contributed by atoms with Gasteiger partial charge in [-0.05, 0) is 18.9 Å². The molecule has 0 heterocycles. The molecule has 0 aromatic rings. The summed E-state index contributed by atoms with van der Waals surface area (Å²) in [6, 6.07) is 0. The number of likely N-dealkylation sites (N-methyl/N-ethyl adjacent to an activating group) is 1. The molecule has 10 heavy (non-hydrogen) atoms. The minimum Gasteiger partial charge on any atom is -0.388 e. The van der Waals surface area contributed by atoms with Gasteiger partial charge >= 0.3 is 0 Å². The van der Waals surface area contributed by atoms with E-state index in [2.05, 4.69) is 23.5 Å². The SMILES string of the molecule is CC.CNC1=CCCC=C1. The topological polar surface area (TPSA) is 12.0 Å². The second kappa shape index (κ2) is 6.40. The van der Waals surface area contributed by atoms with E-state index >= 15 is 0 Å². The Bertz CT molecular complexity index is 123. The molecule has 0 amide bonds. The lowest BCUT2D eigenvalue weighted by Gasteiger charge is -2.03. The van der Waals surface area contributed by atoms with Crippen LogP contribution in [0.2, 0.25) is 0 Å². The molecule has 1 heteroatoms. The molecule has 0 aliphatic heterocycles. The van der Waals surface area contributed by atoms with Crippen LogP contribution in [0.5, 0.6) is 0 Å². The molecule has 1 nitrogen and oxygen atoms in total. The minimum absolute atomic E-state index is 1.19. The van der Waals surface area contributed by atoms with Gasteiger partial charge in [0.05, 0.1) is 0 Å². The first kappa shape index (κ1) is 9.28. The third-order valence-electron chi connectivity index (χ3n) is 1.28. The Morgan fingerprint density at radius 2 is 2.00 bits per heavy atom. The van der Waals surface area contributed by atoms with Crippen LogP contribution < -0.4 is 5.32 Å². The largest absolute Gasteiger partial charge is 0.388 e. The van der Waals surface area contributed by atoms with E-state index in [-0.39, 0.29) is 0 Å². The van der Waals surface area contributed by atoms with E-state index in [1.807, 2.05) is 20.9 Å². The molecule has 0 spiro atoms. The van der Waals surface area contributed by atoms with Crippen molar-refractivity contribution in [2.24, 2.45) is 0 Å². The van der Waals surface area contributed by atoms with E-state index in [9.17, 15) is 0 Å². The van der Waals surface area contributed by atoms with Gasteiger partial charge in [0.15, 0.2) is 0 Å². The van der Waals surface area contributed by atoms with Gasteiger partial charge in [-0.25, -0.2) is 0 Å². The van der Waals surface area contributed by atoms with Gasteiger partial charge in [0.25, 0.3) is 0 Å². The second-order valence-electron chi connectivity index (χ2n) is 1.89. The lowest BCUT2D eigenvalue weighted by Crippen LogP contribution is -2.04. The highest BCUT2D eigenvalue weighted by Crippen LogP contribution is 2.04. The van der Waals surface area contributed by atoms with Gasteiger partial charge in [-0.15, -0.1) is 0 Å². The molecule has 1 aliphatic carbocycles. The molecule has 1 rings (SSSR count). The maximum atomic E-state index is 3.08. The summed E-state index contributed by atoms with van der Waals surface area (Å²) in [5, 5.41) is 3.08. The lowest BCUT2D eigenvalue weighted by atomic mass is 10.1. The van der Waals surface area contributed by atoms with Crippen molar-refractivity contribution < 1.29 is 0 Å². The highest BCUT2D eigenvalue weighted by atomic mass is 14.8. The van der Waals surface area contributed by atoms with Crippen molar-refractivity contribution in [2.45, 2.75) is 26.7 Å². The minimum atomic E-state index is 1.19. The Kier molecular flexibility index (Phi) is 5.94. The van der Waals surface area contributed by atoms with E-state index in [0.717, 1.165) is 0 Å². The maximum Gasteiger partial charge on any atom is 0.0293 e. The van der Waals surface area contributed by atoms with Crippen molar-refractivity contribution in [1.29, 1.82) is 0 Å². The summed E-state index contributed by atoms with van der Waals surface area (Å²) in [5.74, 6) is 0. The smallest absolute Gasteiger partial charge is 0.0293 e. The van der Waals surface area contributed by atoms with Gasteiger partial charge in [0.1, 0.15) is 0 Å². The fraction of sp³-hybridized carbons (Fsp3) is 0.556. The predicted molar refractivity (Wildman–Crippen MR) is 46.9 cm³/mol. The first-order valence-electron chi connectivity index (χ1n) is 3.98. The van der Waals surface area contributed by atoms with Gasteiger partial charge in [0.2, 0.25) is 0 Å². The molecule has 0 aromatic heterocycles. The fourth-order valence-electron chi connectivity index (χ4n) is 0.799. The Labute approximate surface area is 63.8 Å². The van der Waals surface area contributed by atoms with Crippen LogP contribution in [0.25, 0.3) is 0 Å². The first-order valence-corrected chi connectivity index (χ1v) is 3.98. The molecule has 0 fully saturated rings. The molecular weight excluding hydrogens is 122 g/mol. The third kappa shape index (κ3) is 3.33. The highest BCUT2D eigenvalue weighted by Gasteiger charge is 1.90. The van der Waals surface area contributed by atoms with Crippen LogP contribution in [0.4, 0.5) is 0 Å². The molecule has 0 unspecified atom stereocenters. The van der Waals surface area contributed by atoms with Gasteiger partial charge in [0, 0.05) is 12.7 Å². The summed E-state index contributed by atoms with van der Waals surface area (Å²) in [7, 11) is 1.95. The molecule has 1 aliphatic rings. The van der Waals surface area contributed by atoms with Crippen molar-refractivity contribution in [1.82, 2.24) is 5.32 Å². The molecule has 0 saturated carbocycles. The third-order valence-corrected chi connectivity index (χ3v) is 1.28. The van der Waals surface area contributed by atoms with E-state index in [1.165, 1.54) is 18.5 Å². The van der Waals surface area contributed by atoms with Crippen LogP contribution in [0.3, 0.4) is 0 Å². The standard InChI is InChI=1S/C7H11N.C2H6/c1-8-7-5-3-2-4-6-7;1-2/h3,5-6,8H,2,4H2,1H3;1-2H3. The van der Waals surface area contributed by atoms with Crippen molar-refractivity contribution in [2.75, 3.05) is 7.05 Å². The normalized spacial score (nSPS) is 14.9. The number of hydrogen-bond donors (Lipinski definition) is 1. The Hall–Kier alpha value is -0.720. The van der Waals surface area contributed by atoms with E-state index in [1.54, 1.807) is 0 Å². The van der Waals surface area contributed by atoms with E-state index in [4.69, 9.17) is 0 Å². The second-order valence-corrected chi connectivity index (χ2v) is 1.89. The quantitative estimate of drug-likeness (QED) is 0.588. The summed E-state index contributed by atoms with van der Waals surface area (Å²) in [5.41, 5.74) is 1.25. The zero-order chi connectivity index (χ0) is 7.82. The molecular formula is C9H17N. The Morgan fingerprint density at radius 3 is 2.30 bits per heavy atom. The summed E-state index contributed by atoms with van der Waals surface area (Å²) < 4.78 is 0. The highest BCUT2D eigenvalue weighted by molar-refractivity contribution is 5.19. The van der Waals surface area contributed by atoms with Crippen molar-refractivity contribution >= 4 is 0 Å². The van der Waals surface area contributed by atoms with Gasteiger partial charge in [-0.3, -0.25) is 0 Å². The van der Waals surface area contributed by atoms with Crippen LogP contribution in [0.1, 0.15) is 26.7 Å². The first-order chi connectivity index (χ1) is 4.93. The molecule has 58 valence electrons. The molecule has 0 saturated heterocycles. The average molecular weight is 139 g/mol. The van der Waals surface area contributed by atoms with Gasteiger partial charge < -0.3 is 5.32 Å². The monoisotopic (exact) mass is 139 g/mol. The summed E-state index contributed by atoms with van der Waals surface area (Å²) in [4.78, 5) is 0. The molecule has 0 radical (unpaired) electrons. The Balaban J connectivity index is 0.000000371. The zero-order valence-corrected chi connectivity index (χ0v) is 7.15. The number of hydrogen-bond acceptors (Lipinski definition) is 1. The van der Waals surface area contributed by atoms with E-state index in [0.29, 0.717) is 0 Å². The number of allylic oxidation sites excluding steroid dienone is 3. The summed E-state index contributed by atoms with van der Waals surface area (Å²) in [6.07, 6.45) is 8.90. The lowest BCUT2D eigenvalue weighted by molar-refractivity contribution is 0.942. The predicted octanol–water partition coefficient (Wildman–Crippen LogP) is 2.47. The van der Waals surface area contributed by atoms with Crippen LogP contribution >= 0.6 is 0 Å². The summed E-state index contributed by atoms with van der Waals surface area (Å²) in [6.45, 7) is 4.00. The molecule has 0 bridgehead atoms. The Morgan fingerprint density at radius 1 is 1.30 bits per heavy atom. The van der Waals surface area contributed by atoms with Crippen LogP contribution in [-0.2, 0) is 0 Å². The van der Waals surface area contributed by atoms with Crippen molar-refractivity contribution in [3.05, 3.63) is 23.9 Å². The molecule has 0 atom stereocenters. The fourth-order valence-corrected chi connectivity index (χ4v) is 0.799. The average Bonchev–Trinajstić information content (AvgIpc) is 2.10. The van der Waals surface area contributed by atoms with Crippen molar-refractivity contribution in [3.8, 4) is 0 Å². The number of rotatable bonds is 1. The molecule has 0 aromatic carbocycles. The maximum absolute atomic E-state index is 3.08. The van der Waals surface area contributed by atoms with Gasteiger partial charge in [-0.1, -0.05) is 26.0 Å². The van der Waals surface area contributed by atoms with Crippen LogP contribution in [-0.4, -0.2) is 7.05 Å². The van der Waals surface area contributed by atoms with Crippen LogP contribution in [0, 0.1) is 0 Å². The zero-order valence-electron chi connectivity index (χ0n) is 7.15. The summed E-state index contributed by atoms with van der Waals surface area (Å²) >= 11 is 0. The van der Waals surface area contributed by atoms with Crippen molar-refractivity contribution in [3.63, 3.8) is 0 Å².